The predicted molar refractivity (Wildman–Crippen MR) is 115 cm³/mol. The van der Waals surface area contributed by atoms with E-state index in [4.69, 9.17) is 5.11 Å². The SMILES string of the molecule is CCCCCCCCCCCCCCCCC(CCO)C(=O)NCC(C)O. The highest BCUT2D eigenvalue weighted by Crippen LogP contribution is 2.17. The zero-order valence-corrected chi connectivity index (χ0v) is 18.2. The van der Waals surface area contributed by atoms with Gasteiger partial charge in [-0.3, -0.25) is 4.79 Å². The highest BCUT2D eigenvalue weighted by molar-refractivity contribution is 5.78. The first-order valence-electron chi connectivity index (χ1n) is 11.7. The van der Waals surface area contributed by atoms with Crippen LogP contribution in [0.2, 0.25) is 0 Å². The lowest BCUT2D eigenvalue weighted by molar-refractivity contribution is -0.126. The van der Waals surface area contributed by atoms with Crippen LogP contribution in [0, 0.1) is 5.92 Å². The van der Waals surface area contributed by atoms with E-state index in [1.807, 2.05) is 0 Å². The lowest BCUT2D eigenvalue weighted by atomic mass is 9.96. The summed E-state index contributed by atoms with van der Waals surface area (Å²) in [6, 6.07) is 0. The van der Waals surface area contributed by atoms with Crippen molar-refractivity contribution >= 4 is 5.91 Å². The maximum absolute atomic E-state index is 12.1. The van der Waals surface area contributed by atoms with E-state index in [1.54, 1.807) is 6.92 Å². The molecular weight excluding hydrogens is 338 g/mol. The summed E-state index contributed by atoms with van der Waals surface area (Å²) in [5.74, 6) is -0.147. The Balaban J connectivity index is 3.48. The van der Waals surface area contributed by atoms with Gasteiger partial charge in [0.15, 0.2) is 0 Å². The van der Waals surface area contributed by atoms with Crippen molar-refractivity contribution in [2.75, 3.05) is 13.2 Å². The number of nitrogens with one attached hydrogen (secondary N) is 1. The minimum absolute atomic E-state index is 0.0281. The standard InChI is InChI=1S/C23H47NO3/c1-3-4-5-6-7-8-9-10-11-12-13-14-15-16-17-22(18-19-25)23(27)24-20-21(2)26/h21-22,25-26H,3-20H2,1-2H3,(H,24,27). The Labute approximate surface area is 168 Å². The van der Waals surface area contributed by atoms with E-state index in [2.05, 4.69) is 12.2 Å². The minimum Gasteiger partial charge on any atom is -0.396 e. The first-order valence-corrected chi connectivity index (χ1v) is 11.7. The van der Waals surface area contributed by atoms with Gasteiger partial charge >= 0.3 is 0 Å². The van der Waals surface area contributed by atoms with Crippen molar-refractivity contribution in [1.82, 2.24) is 5.32 Å². The Morgan fingerprint density at radius 2 is 1.22 bits per heavy atom. The summed E-state index contributed by atoms with van der Waals surface area (Å²) in [6.45, 7) is 4.27. The number of amides is 1. The monoisotopic (exact) mass is 385 g/mol. The van der Waals surface area contributed by atoms with Gasteiger partial charge in [-0.15, -0.1) is 0 Å². The van der Waals surface area contributed by atoms with Crippen molar-refractivity contribution in [3.05, 3.63) is 0 Å². The average molecular weight is 386 g/mol. The van der Waals surface area contributed by atoms with Crippen molar-refractivity contribution in [3.8, 4) is 0 Å². The van der Waals surface area contributed by atoms with Crippen LogP contribution in [0.3, 0.4) is 0 Å². The zero-order valence-electron chi connectivity index (χ0n) is 18.2. The molecule has 0 radical (unpaired) electrons. The van der Waals surface area contributed by atoms with E-state index in [9.17, 15) is 9.90 Å². The number of rotatable bonds is 20. The van der Waals surface area contributed by atoms with Gasteiger partial charge in [0.2, 0.25) is 5.91 Å². The topological polar surface area (TPSA) is 69.6 Å². The van der Waals surface area contributed by atoms with Crippen molar-refractivity contribution < 1.29 is 15.0 Å². The normalized spacial score (nSPS) is 13.5. The van der Waals surface area contributed by atoms with Crippen LogP contribution in [0.25, 0.3) is 0 Å². The quantitative estimate of drug-likeness (QED) is 0.247. The largest absolute Gasteiger partial charge is 0.396 e. The minimum atomic E-state index is -0.523. The van der Waals surface area contributed by atoms with Gasteiger partial charge in [-0.2, -0.15) is 0 Å². The number of hydrogen-bond acceptors (Lipinski definition) is 3. The molecular formula is C23H47NO3. The fourth-order valence-electron chi connectivity index (χ4n) is 3.54. The number of aliphatic hydroxyl groups is 2. The van der Waals surface area contributed by atoms with Gasteiger partial charge in [0.25, 0.3) is 0 Å². The summed E-state index contributed by atoms with van der Waals surface area (Å²) < 4.78 is 0. The molecule has 0 heterocycles. The van der Waals surface area contributed by atoms with Crippen LogP contribution in [-0.2, 0) is 4.79 Å². The van der Waals surface area contributed by atoms with Crippen LogP contribution < -0.4 is 5.32 Å². The summed E-state index contributed by atoms with van der Waals surface area (Å²) in [4.78, 5) is 12.1. The molecule has 0 aliphatic carbocycles. The molecule has 162 valence electrons. The molecule has 0 aromatic carbocycles. The molecule has 3 N–H and O–H groups in total. The van der Waals surface area contributed by atoms with Crippen molar-refractivity contribution in [3.63, 3.8) is 0 Å². The Morgan fingerprint density at radius 1 is 0.778 bits per heavy atom. The molecule has 0 bridgehead atoms. The average Bonchev–Trinajstić information content (AvgIpc) is 2.65. The first-order chi connectivity index (χ1) is 13.1. The molecule has 27 heavy (non-hydrogen) atoms. The lowest BCUT2D eigenvalue weighted by Crippen LogP contribution is -2.35. The molecule has 4 heteroatoms. The van der Waals surface area contributed by atoms with Crippen LogP contribution in [-0.4, -0.2) is 35.4 Å². The molecule has 0 aromatic heterocycles. The molecule has 0 saturated carbocycles. The number of hydrogen-bond donors (Lipinski definition) is 3. The van der Waals surface area contributed by atoms with Gasteiger partial charge in [0.1, 0.15) is 0 Å². The second-order valence-corrected chi connectivity index (χ2v) is 8.19. The van der Waals surface area contributed by atoms with Crippen LogP contribution in [0.1, 0.15) is 117 Å². The van der Waals surface area contributed by atoms with E-state index < -0.39 is 6.10 Å². The van der Waals surface area contributed by atoms with E-state index in [1.165, 1.54) is 83.5 Å². The summed E-state index contributed by atoms with van der Waals surface area (Å²) in [5, 5.41) is 21.2. The maximum atomic E-state index is 12.1. The second-order valence-electron chi connectivity index (χ2n) is 8.19. The zero-order chi connectivity index (χ0) is 20.2. The third kappa shape index (κ3) is 18.5. The molecule has 0 aromatic rings. The smallest absolute Gasteiger partial charge is 0.223 e. The summed E-state index contributed by atoms with van der Waals surface area (Å²) in [7, 11) is 0. The van der Waals surface area contributed by atoms with Crippen LogP contribution in [0.15, 0.2) is 0 Å². The maximum Gasteiger partial charge on any atom is 0.223 e. The third-order valence-electron chi connectivity index (χ3n) is 5.33. The van der Waals surface area contributed by atoms with Crippen molar-refractivity contribution in [2.45, 2.75) is 123 Å². The summed E-state index contributed by atoms with van der Waals surface area (Å²) >= 11 is 0. The Bertz CT molecular complexity index is 321. The number of carbonyl (C=O) groups is 1. The molecule has 4 nitrogen and oxygen atoms in total. The van der Waals surface area contributed by atoms with Gasteiger partial charge in [-0.05, 0) is 19.8 Å². The Kier molecular flexibility index (Phi) is 19.7. The number of carbonyl (C=O) groups excluding carboxylic acids is 1. The highest BCUT2D eigenvalue weighted by atomic mass is 16.3. The van der Waals surface area contributed by atoms with E-state index in [-0.39, 0.29) is 18.4 Å². The fourth-order valence-corrected chi connectivity index (χ4v) is 3.54. The molecule has 2 unspecified atom stereocenters. The number of aliphatic hydroxyl groups excluding tert-OH is 2. The molecule has 2 atom stereocenters. The molecule has 0 spiro atoms. The summed E-state index contributed by atoms with van der Waals surface area (Å²) in [6.07, 6.45) is 19.5. The molecule has 0 saturated heterocycles. The molecule has 0 fully saturated rings. The summed E-state index contributed by atoms with van der Waals surface area (Å²) in [5.41, 5.74) is 0. The van der Waals surface area contributed by atoms with Crippen LogP contribution in [0.5, 0.6) is 0 Å². The number of unbranched alkanes of at least 4 members (excludes halogenated alkanes) is 13. The Morgan fingerprint density at radius 3 is 1.63 bits per heavy atom. The van der Waals surface area contributed by atoms with Gasteiger partial charge < -0.3 is 15.5 Å². The first kappa shape index (κ1) is 26.4. The van der Waals surface area contributed by atoms with E-state index in [0.717, 1.165) is 12.8 Å². The lowest BCUT2D eigenvalue weighted by Gasteiger charge is -2.16. The van der Waals surface area contributed by atoms with Crippen molar-refractivity contribution in [1.29, 1.82) is 0 Å². The van der Waals surface area contributed by atoms with Gasteiger partial charge in [-0.25, -0.2) is 0 Å². The van der Waals surface area contributed by atoms with Gasteiger partial charge in [0, 0.05) is 19.1 Å². The Hall–Kier alpha value is -0.610. The highest BCUT2D eigenvalue weighted by Gasteiger charge is 2.17. The van der Waals surface area contributed by atoms with Gasteiger partial charge in [-0.1, -0.05) is 96.8 Å². The van der Waals surface area contributed by atoms with E-state index in [0.29, 0.717) is 13.0 Å². The van der Waals surface area contributed by atoms with Gasteiger partial charge in [0.05, 0.1) is 6.10 Å². The second kappa shape index (κ2) is 20.1. The fraction of sp³-hybridized carbons (Fsp3) is 0.957. The molecule has 1 amide bonds. The van der Waals surface area contributed by atoms with Crippen LogP contribution in [0.4, 0.5) is 0 Å². The molecule has 0 aliphatic rings. The molecule has 0 rings (SSSR count). The third-order valence-corrected chi connectivity index (χ3v) is 5.33. The van der Waals surface area contributed by atoms with Crippen LogP contribution >= 0.6 is 0 Å². The predicted octanol–water partition coefficient (Wildman–Crippen LogP) is 5.35. The van der Waals surface area contributed by atoms with E-state index >= 15 is 0 Å². The van der Waals surface area contributed by atoms with Crippen molar-refractivity contribution in [2.24, 2.45) is 5.92 Å². The molecule has 0 aliphatic heterocycles.